The van der Waals surface area contributed by atoms with Crippen LogP contribution in [0.15, 0.2) is 28.0 Å². The average molecular weight is 482 g/mol. The lowest BCUT2D eigenvalue weighted by Gasteiger charge is -2.25. The molecule has 9 heteroatoms. The van der Waals surface area contributed by atoms with Crippen LogP contribution in [0.2, 0.25) is 4.34 Å². The molecule has 0 aromatic carbocycles. The highest BCUT2D eigenvalue weighted by atomic mass is 35.5. The Balaban J connectivity index is 1.58. The number of ether oxygens (including phenoxy) is 1. The molecule has 4 rings (SSSR count). The maximum atomic E-state index is 13.2. The van der Waals surface area contributed by atoms with Gasteiger partial charge in [-0.05, 0) is 38.2 Å². The summed E-state index contributed by atoms with van der Waals surface area (Å²) in [5, 5.41) is 3.81. The van der Waals surface area contributed by atoms with E-state index in [0.717, 1.165) is 49.5 Å². The zero-order valence-corrected chi connectivity index (χ0v) is 20.0. The molecular formula is C22H28ClN3O3S2. The second-order valence-corrected chi connectivity index (χ2v) is 11.4. The molecule has 1 amide bonds. The van der Waals surface area contributed by atoms with Crippen molar-refractivity contribution in [3.8, 4) is 0 Å². The zero-order valence-electron chi connectivity index (χ0n) is 17.6. The molecule has 1 aliphatic heterocycles. The molecule has 2 fully saturated rings. The standard InChI is InChI=1S/C22H28ClN3O3S2/c1-14-10-17(30-16-6-8-29-9-7-16)12-20(27)26(14)18(11-15-4-2-3-5-15)21(28)25-22-24-13-19(23)31-22/h10,12-13,15-16,18H,2-9,11H2,1H3,(H,24,25,28). The monoisotopic (exact) mass is 481 g/mol. The van der Waals surface area contributed by atoms with Gasteiger partial charge in [-0.3, -0.25) is 9.59 Å². The number of aryl methyl sites for hydroxylation is 1. The topological polar surface area (TPSA) is 73.2 Å². The molecule has 168 valence electrons. The summed E-state index contributed by atoms with van der Waals surface area (Å²) in [7, 11) is 0. The molecule has 2 aromatic rings. The highest BCUT2D eigenvalue weighted by Gasteiger charge is 2.29. The second-order valence-electron chi connectivity index (χ2n) is 8.33. The van der Waals surface area contributed by atoms with Crippen molar-refractivity contribution in [2.24, 2.45) is 5.92 Å². The first-order valence-electron chi connectivity index (χ1n) is 10.9. The number of carbonyl (C=O) groups is 1. The van der Waals surface area contributed by atoms with Crippen molar-refractivity contribution in [2.45, 2.75) is 68.1 Å². The number of hydrogen-bond acceptors (Lipinski definition) is 6. The van der Waals surface area contributed by atoms with Gasteiger partial charge >= 0.3 is 0 Å². The van der Waals surface area contributed by atoms with Gasteiger partial charge in [0.2, 0.25) is 5.91 Å². The summed E-state index contributed by atoms with van der Waals surface area (Å²) in [5.74, 6) is 0.256. The lowest BCUT2D eigenvalue weighted by atomic mass is 9.97. The minimum Gasteiger partial charge on any atom is -0.381 e. The van der Waals surface area contributed by atoms with Gasteiger partial charge in [-0.2, -0.15) is 0 Å². The van der Waals surface area contributed by atoms with Gasteiger partial charge in [0, 0.05) is 35.1 Å². The van der Waals surface area contributed by atoms with Crippen molar-refractivity contribution in [2.75, 3.05) is 18.5 Å². The first kappa shape index (κ1) is 22.8. The van der Waals surface area contributed by atoms with Crippen molar-refractivity contribution in [1.29, 1.82) is 0 Å². The van der Waals surface area contributed by atoms with Crippen molar-refractivity contribution in [3.05, 3.63) is 38.7 Å². The molecule has 1 unspecified atom stereocenters. The van der Waals surface area contributed by atoms with Crippen molar-refractivity contribution < 1.29 is 9.53 Å². The van der Waals surface area contributed by atoms with Gasteiger partial charge in [-0.25, -0.2) is 4.98 Å². The number of hydrogen-bond donors (Lipinski definition) is 1. The highest BCUT2D eigenvalue weighted by Crippen LogP contribution is 2.34. The van der Waals surface area contributed by atoms with E-state index < -0.39 is 6.04 Å². The van der Waals surface area contributed by atoms with Crippen LogP contribution in [0.25, 0.3) is 0 Å². The fourth-order valence-electron chi connectivity index (χ4n) is 4.53. The minimum absolute atomic E-state index is 0.120. The minimum atomic E-state index is -0.555. The van der Waals surface area contributed by atoms with Crippen molar-refractivity contribution in [3.63, 3.8) is 0 Å². The Kier molecular flexibility index (Phi) is 7.74. The normalized spacial score (nSPS) is 18.9. The molecule has 0 spiro atoms. The molecule has 31 heavy (non-hydrogen) atoms. The van der Waals surface area contributed by atoms with E-state index in [-0.39, 0.29) is 11.5 Å². The van der Waals surface area contributed by atoms with Crippen LogP contribution in [0.5, 0.6) is 0 Å². The van der Waals surface area contributed by atoms with E-state index in [1.54, 1.807) is 22.4 Å². The Labute approximate surface area is 195 Å². The average Bonchev–Trinajstić information content (AvgIpc) is 3.39. The van der Waals surface area contributed by atoms with Gasteiger partial charge in [0.05, 0.1) is 6.20 Å². The highest BCUT2D eigenvalue weighted by molar-refractivity contribution is 8.00. The molecule has 3 heterocycles. The number of nitrogens with zero attached hydrogens (tertiary/aromatic N) is 2. The summed E-state index contributed by atoms with van der Waals surface area (Å²) < 4.78 is 7.62. The number of thiazole rings is 1. The number of thioether (sulfide) groups is 1. The summed E-state index contributed by atoms with van der Waals surface area (Å²) in [6.45, 7) is 3.47. The van der Waals surface area contributed by atoms with Gasteiger partial charge < -0.3 is 14.6 Å². The van der Waals surface area contributed by atoms with Gasteiger partial charge in [0.1, 0.15) is 10.4 Å². The summed E-state index contributed by atoms with van der Waals surface area (Å²) >= 11 is 8.93. The Bertz CT molecular complexity index is 965. The maximum absolute atomic E-state index is 13.2. The third-order valence-electron chi connectivity index (χ3n) is 6.06. The number of amides is 1. The van der Waals surface area contributed by atoms with E-state index in [9.17, 15) is 9.59 Å². The Morgan fingerprint density at radius 2 is 2.06 bits per heavy atom. The van der Waals surface area contributed by atoms with Crippen LogP contribution in [0.1, 0.15) is 56.7 Å². The molecule has 0 radical (unpaired) electrons. The molecule has 2 aromatic heterocycles. The summed E-state index contributed by atoms with van der Waals surface area (Å²) in [4.78, 5) is 31.6. The molecular weight excluding hydrogens is 454 g/mol. The third kappa shape index (κ3) is 5.92. The van der Waals surface area contributed by atoms with Gasteiger partial charge in [0.25, 0.3) is 5.56 Å². The fraction of sp³-hybridized carbons (Fsp3) is 0.591. The lowest BCUT2D eigenvalue weighted by molar-refractivity contribution is -0.119. The summed E-state index contributed by atoms with van der Waals surface area (Å²) in [5.41, 5.74) is 0.697. The number of anilines is 1. The van der Waals surface area contributed by atoms with Gasteiger partial charge in [-0.1, -0.05) is 48.6 Å². The number of aromatic nitrogens is 2. The van der Waals surface area contributed by atoms with Crippen LogP contribution in [0.4, 0.5) is 5.13 Å². The quantitative estimate of drug-likeness (QED) is 0.581. The molecule has 1 saturated carbocycles. The first-order valence-corrected chi connectivity index (χ1v) is 13.0. The fourth-order valence-corrected chi connectivity index (χ4v) is 6.56. The predicted molar refractivity (Wildman–Crippen MR) is 127 cm³/mol. The van der Waals surface area contributed by atoms with Crippen LogP contribution in [-0.4, -0.2) is 33.9 Å². The van der Waals surface area contributed by atoms with E-state index in [0.29, 0.717) is 27.1 Å². The summed E-state index contributed by atoms with van der Waals surface area (Å²) in [6.07, 6.45) is 8.78. The second kappa shape index (κ2) is 10.5. The smallest absolute Gasteiger partial charge is 0.252 e. The lowest BCUT2D eigenvalue weighted by Crippen LogP contribution is -2.35. The SMILES string of the molecule is Cc1cc(SC2CCOCC2)cc(=O)n1C(CC1CCCC1)C(=O)Nc1ncc(Cl)s1. The van der Waals surface area contributed by atoms with Crippen molar-refractivity contribution in [1.82, 2.24) is 9.55 Å². The molecule has 2 aliphatic rings. The number of halogens is 1. The molecule has 1 N–H and O–H groups in total. The van der Waals surface area contributed by atoms with E-state index in [2.05, 4.69) is 10.3 Å². The molecule has 1 atom stereocenters. The van der Waals surface area contributed by atoms with Crippen LogP contribution in [-0.2, 0) is 9.53 Å². The zero-order chi connectivity index (χ0) is 21.8. The molecule has 0 bridgehead atoms. The van der Waals surface area contributed by atoms with E-state index in [1.807, 2.05) is 13.0 Å². The van der Waals surface area contributed by atoms with E-state index >= 15 is 0 Å². The number of pyridine rings is 1. The maximum Gasteiger partial charge on any atom is 0.252 e. The predicted octanol–water partition coefficient (Wildman–Crippen LogP) is 5.30. The van der Waals surface area contributed by atoms with Crippen LogP contribution < -0.4 is 10.9 Å². The Morgan fingerprint density at radius 1 is 1.32 bits per heavy atom. The van der Waals surface area contributed by atoms with Crippen LogP contribution >= 0.6 is 34.7 Å². The third-order valence-corrected chi connectivity index (χ3v) is 8.40. The number of nitrogens with one attached hydrogen (secondary N) is 1. The van der Waals surface area contributed by atoms with Crippen LogP contribution in [0, 0.1) is 12.8 Å². The number of rotatable bonds is 7. The van der Waals surface area contributed by atoms with Gasteiger partial charge in [0.15, 0.2) is 5.13 Å². The van der Waals surface area contributed by atoms with Gasteiger partial charge in [-0.15, -0.1) is 11.8 Å². The Hall–Kier alpha value is -1.35. The molecule has 1 aliphatic carbocycles. The van der Waals surface area contributed by atoms with Crippen molar-refractivity contribution >= 4 is 45.7 Å². The Morgan fingerprint density at radius 3 is 2.71 bits per heavy atom. The molecule has 6 nitrogen and oxygen atoms in total. The molecule has 1 saturated heterocycles. The number of carbonyl (C=O) groups excluding carboxylic acids is 1. The van der Waals surface area contributed by atoms with E-state index in [1.165, 1.54) is 30.4 Å². The summed E-state index contributed by atoms with van der Waals surface area (Å²) in [6, 6.07) is 3.17. The largest absolute Gasteiger partial charge is 0.381 e. The van der Waals surface area contributed by atoms with Crippen LogP contribution in [0.3, 0.4) is 0 Å². The van der Waals surface area contributed by atoms with E-state index in [4.69, 9.17) is 16.3 Å². The first-order chi connectivity index (χ1) is 15.0.